The summed E-state index contributed by atoms with van der Waals surface area (Å²) in [6, 6.07) is 15.1. The molecule has 0 radical (unpaired) electrons. The van der Waals surface area contributed by atoms with E-state index >= 15 is 0 Å². The lowest BCUT2D eigenvalue weighted by Crippen LogP contribution is -2.54. The Bertz CT molecular complexity index is 1790. The van der Waals surface area contributed by atoms with Gasteiger partial charge in [-0.05, 0) is 75.6 Å². The van der Waals surface area contributed by atoms with Crippen molar-refractivity contribution in [2.75, 3.05) is 29.8 Å². The number of hydrogen-bond donors (Lipinski definition) is 2. The maximum absolute atomic E-state index is 14.8. The van der Waals surface area contributed by atoms with Gasteiger partial charge in [0.1, 0.15) is 10.6 Å². The van der Waals surface area contributed by atoms with Crippen LogP contribution in [0.15, 0.2) is 65.6 Å². The van der Waals surface area contributed by atoms with Crippen molar-refractivity contribution in [2.24, 2.45) is 5.92 Å². The van der Waals surface area contributed by atoms with Gasteiger partial charge in [-0.1, -0.05) is 61.4 Å². The predicted octanol–water partition coefficient (Wildman–Crippen LogP) is 6.58. The molecule has 1 unspecified atom stereocenters. The van der Waals surface area contributed by atoms with Crippen LogP contribution in [0.4, 0.5) is 16.2 Å². The van der Waals surface area contributed by atoms with Gasteiger partial charge < -0.3 is 19.8 Å². The number of ether oxygens (including phenoxy) is 1. The van der Waals surface area contributed by atoms with Crippen LogP contribution in [-0.2, 0) is 25.0 Å². The first kappa shape index (κ1) is 35.0. The topological polar surface area (TPSA) is 134 Å². The van der Waals surface area contributed by atoms with Crippen molar-refractivity contribution in [3.63, 3.8) is 0 Å². The third-order valence-electron chi connectivity index (χ3n) is 9.16. The van der Waals surface area contributed by atoms with Gasteiger partial charge in [0, 0.05) is 35.4 Å². The number of rotatable bonds is 11. The first-order chi connectivity index (χ1) is 23.0. The third kappa shape index (κ3) is 6.68. The maximum Gasteiger partial charge on any atom is 0.321 e. The highest BCUT2D eigenvalue weighted by atomic mass is 35.5. The van der Waals surface area contributed by atoms with Crippen LogP contribution in [-0.4, -0.2) is 51.4 Å². The Kier molecular flexibility index (Phi) is 10.5. The van der Waals surface area contributed by atoms with Crippen LogP contribution >= 0.6 is 11.6 Å². The normalized spacial score (nSPS) is 17.9. The molecule has 1 saturated carbocycles. The second-order valence-electron chi connectivity index (χ2n) is 12.2. The minimum atomic E-state index is -4.67. The van der Waals surface area contributed by atoms with Gasteiger partial charge in [0.05, 0.1) is 12.8 Å². The molecule has 2 N–H and O–H groups in total. The number of aryl methyl sites for hydroxylation is 1. The van der Waals surface area contributed by atoms with Gasteiger partial charge in [-0.2, -0.15) is 5.48 Å². The lowest BCUT2D eigenvalue weighted by Gasteiger charge is -2.32. The Balaban J connectivity index is 1.58. The standard InChI is InChI=1S/C35H41ClN4O7S/c1-5-39(6-2)34(43)37-26-15-19-31(30(21-26)46-4)48(44,45)40-29-18-14-25(36)20-28(29)35(33(40)42,22-24-10-8-7-9-11-24)32(41)38-47-27-16-12-23(3)13-17-27/h12-21,24H,5-11,22H2,1-4H3,(H,37,43)(H,38,41). The van der Waals surface area contributed by atoms with Gasteiger partial charge in [0.2, 0.25) is 0 Å². The minimum absolute atomic E-state index is 0.0201. The van der Waals surface area contributed by atoms with Crippen molar-refractivity contribution in [3.8, 4) is 11.5 Å². The molecule has 1 atom stereocenters. The maximum atomic E-state index is 14.8. The summed E-state index contributed by atoms with van der Waals surface area (Å²) in [5, 5.41) is 2.99. The Morgan fingerprint density at radius 1 is 1.00 bits per heavy atom. The summed E-state index contributed by atoms with van der Waals surface area (Å²) in [7, 11) is -3.37. The molecule has 3 aromatic carbocycles. The number of nitrogens with one attached hydrogen (secondary N) is 2. The van der Waals surface area contributed by atoms with Gasteiger partial charge in [0.25, 0.3) is 21.8 Å². The molecule has 1 aliphatic carbocycles. The summed E-state index contributed by atoms with van der Waals surface area (Å²) in [6.07, 6.45) is 4.58. The zero-order valence-electron chi connectivity index (χ0n) is 27.5. The van der Waals surface area contributed by atoms with E-state index < -0.39 is 27.3 Å². The van der Waals surface area contributed by atoms with Crippen molar-refractivity contribution < 1.29 is 32.4 Å². The molecular weight excluding hydrogens is 656 g/mol. The molecule has 5 rings (SSSR count). The highest BCUT2D eigenvalue weighted by Gasteiger charge is 2.60. The molecule has 4 amide bonds. The van der Waals surface area contributed by atoms with Gasteiger partial charge >= 0.3 is 6.03 Å². The smallest absolute Gasteiger partial charge is 0.321 e. The highest BCUT2D eigenvalue weighted by Crippen LogP contribution is 2.51. The number of urea groups is 1. The lowest BCUT2D eigenvalue weighted by molar-refractivity contribution is -0.141. The fourth-order valence-corrected chi connectivity index (χ4v) is 8.36. The number of carbonyl (C=O) groups is 3. The zero-order chi connectivity index (χ0) is 34.6. The Morgan fingerprint density at radius 3 is 2.33 bits per heavy atom. The van der Waals surface area contributed by atoms with Crippen molar-refractivity contribution in [1.29, 1.82) is 0 Å². The number of hydroxylamine groups is 1. The number of nitrogens with zero attached hydrogens (tertiary/aromatic N) is 2. The molecule has 0 saturated heterocycles. The molecule has 1 fully saturated rings. The highest BCUT2D eigenvalue weighted by molar-refractivity contribution is 7.93. The third-order valence-corrected chi connectivity index (χ3v) is 11.1. The number of hydrogen-bond acceptors (Lipinski definition) is 7. The summed E-state index contributed by atoms with van der Waals surface area (Å²) in [6.45, 7) is 6.58. The average molecular weight is 697 g/mol. The van der Waals surface area contributed by atoms with E-state index in [0.717, 1.165) is 37.7 Å². The lowest BCUT2D eigenvalue weighted by atomic mass is 9.70. The number of amides is 4. The second-order valence-corrected chi connectivity index (χ2v) is 14.4. The van der Waals surface area contributed by atoms with E-state index in [1.807, 2.05) is 32.9 Å². The molecule has 3 aromatic rings. The second kappa shape index (κ2) is 14.4. The number of carbonyl (C=O) groups excluding carboxylic acids is 3. The van der Waals surface area contributed by atoms with Crippen LogP contribution in [0.2, 0.25) is 5.02 Å². The summed E-state index contributed by atoms with van der Waals surface area (Å²) in [5.74, 6) is -1.49. The molecule has 13 heteroatoms. The number of halogens is 1. The molecule has 0 bridgehead atoms. The summed E-state index contributed by atoms with van der Waals surface area (Å²) in [5.41, 5.74) is 2.02. The van der Waals surface area contributed by atoms with Crippen molar-refractivity contribution in [3.05, 3.63) is 76.8 Å². The van der Waals surface area contributed by atoms with Gasteiger partial charge in [-0.3, -0.25) is 9.59 Å². The first-order valence-corrected chi connectivity index (χ1v) is 18.0. The molecule has 1 heterocycles. The average Bonchev–Trinajstić information content (AvgIpc) is 3.32. The van der Waals surface area contributed by atoms with Gasteiger partial charge in [-0.25, -0.2) is 17.5 Å². The van der Waals surface area contributed by atoms with Crippen LogP contribution in [0.5, 0.6) is 11.5 Å². The van der Waals surface area contributed by atoms with E-state index in [0.29, 0.717) is 28.8 Å². The van der Waals surface area contributed by atoms with E-state index in [-0.39, 0.29) is 45.3 Å². The molecular formula is C35H41ClN4O7S. The fourth-order valence-electron chi connectivity index (χ4n) is 6.57. The largest absolute Gasteiger partial charge is 0.495 e. The first-order valence-electron chi connectivity index (χ1n) is 16.1. The van der Waals surface area contributed by atoms with E-state index in [9.17, 15) is 22.8 Å². The Hall–Kier alpha value is -4.29. The SMILES string of the molecule is CCN(CC)C(=O)Nc1ccc(S(=O)(=O)N2C(=O)C(CC3CCCCC3)(C(=O)NOc3ccc(C)cc3)c3cc(Cl)ccc32)c(OC)c1. The van der Waals surface area contributed by atoms with Crippen LogP contribution in [0.25, 0.3) is 0 Å². The van der Waals surface area contributed by atoms with Gasteiger partial charge in [0.15, 0.2) is 11.2 Å². The van der Waals surface area contributed by atoms with Gasteiger partial charge in [-0.15, -0.1) is 0 Å². The van der Waals surface area contributed by atoms with Crippen molar-refractivity contribution in [1.82, 2.24) is 10.4 Å². The summed E-state index contributed by atoms with van der Waals surface area (Å²) in [4.78, 5) is 48.8. The molecule has 256 valence electrons. The van der Waals surface area contributed by atoms with Crippen LogP contribution in [0, 0.1) is 12.8 Å². The molecule has 0 aromatic heterocycles. The molecule has 48 heavy (non-hydrogen) atoms. The van der Waals surface area contributed by atoms with E-state index in [2.05, 4.69) is 10.8 Å². The van der Waals surface area contributed by atoms with E-state index in [1.54, 1.807) is 17.0 Å². The van der Waals surface area contributed by atoms with Crippen LogP contribution in [0.3, 0.4) is 0 Å². The Morgan fingerprint density at radius 2 is 1.69 bits per heavy atom. The molecule has 0 spiro atoms. The quantitative estimate of drug-likeness (QED) is 0.171. The summed E-state index contributed by atoms with van der Waals surface area (Å²) < 4.78 is 35.3. The van der Waals surface area contributed by atoms with Crippen molar-refractivity contribution in [2.45, 2.75) is 69.6 Å². The number of anilines is 2. The van der Waals surface area contributed by atoms with E-state index in [4.69, 9.17) is 21.2 Å². The number of methoxy groups -OCH3 is 1. The number of benzene rings is 3. The number of fused-ring (bicyclic) bond motifs is 1. The van der Waals surface area contributed by atoms with E-state index in [1.165, 1.54) is 43.5 Å². The Labute approximate surface area is 286 Å². The zero-order valence-corrected chi connectivity index (χ0v) is 29.1. The molecule has 1 aliphatic heterocycles. The predicted molar refractivity (Wildman–Crippen MR) is 184 cm³/mol. The van der Waals surface area contributed by atoms with Crippen LogP contribution < -0.4 is 24.7 Å². The summed E-state index contributed by atoms with van der Waals surface area (Å²) >= 11 is 6.46. The molecule has 2 aliphatic rings. The van der Waals surface area contributed by atoms with Crippen LogP contribution in [0.1, 0.15) is 63.5 Å². The molecule has 11 nitrogen and oxygen atoms in total. The minimum Gasteiger partial charge on any atom is -0.495 e. The monoisotopic (exact) mass is 696 g/mol. The van der Waals surface area contributed by atoms with Crippen molar-refractivity contribution >= 4 is 50.8 Å². The fraction of sp³-hybridized carbons (Fsp3) is 0.400. The number of sulfonamides is 1.